The highest BCUT2D eigenvalue weighted by Crippen LogP contribution is 2.30. The molecule has 3 aromatic rings. The Morgan fingerprint density at radius 1 is 0.929 bits per heavy atom. The van der Waals surface area contributed by atoms with Crippen LogP contribution in [0.4, 0.5) is 17.5 Å². The van der Waals surface area contributed by atoms with Crippen LogP contribution in [0.15, 0.2) is 48.7 Å². The van der Waals surface area contributed by atoms with E-state index in [9.17, 15) is 0 Å². The highest BCUT2D eigenvalue weighted by molar-refractivity contribution is 5.60. The summed E-state index contributed by atoms with van der Waals surface area (Å²) in [6.07, 6.45) is 2.42. The summed E-state index contributed by atoms with van der Waals surface area (Å²) in [4.78, 5) is 4.44. The molecule has 0 bridgehead atoms. The molecule has 146 valence electrons. The molecule has 2 N–H and O–H groups in total. The minimum atomic E-state index is 0.388. The van der Waals surface area contributed by atoms with E-state index in [1.165, 1.54) is 5.56 Å². The molecule has 8 nitrogen and oxygen atoms in total. The SMILES string of the molecule is COc1cccc(CCNc2cnnc(Nc3ccc(OC)c(OC)c3)n2)c1. The van der Waals surface area contributed by atoms with Crippen LogP contribution in [0.2, 0.25) is 0 Å². The van der Waals surface area contributed by atoms with Gasteiger partial charge in [0.15, 0.2) is 17.3 Å². The van der Waals surface area contributed by atoms with Gasteiger partial charge in [0, 0.05) is 18.3 Å². The minimum Gasteiger partial charge on any atom is -0.497 e. The molecule has 0 spiro atoms. The topological polar surface area (TPSA) is 90.4 Å². The molecular formula is C20H23N5O3. The van der Waals surface area contributed by atoms with Crippen molar-refractivity contribution in [3.05, 3.63) is 54.2 Å². The molecule has 0 radical (unpaired) electrons. The second-order valence-electron chi connectivity index (χ2n) is 5.89. The van der Waals surface area contributed by atoms with Crippen LogP contribution >= 0.6 is 0 Å². The molecule has 0 aliphatic carbocycles. The van der Waals surface area contributed by atoms with E-state index >= 15 is 0 Å². The van der Waals surface area contributed by atoms with E-state index in [-0.39, 0.29) is 0 Å². The van der Waals surface area contributed by atoms with Gasteiger partial charge in [-0.1, -0.05) is 12.1 Å². The lowest BCUT2D eigenvalue weighted by Crippen LogP contribution is -2.09. The molecule has 0 saturated heterocycles. The maximum atomic E-state index is 5.31. The first-order valence-electron chi connectivity index (χ1n) is 8.77. The molecule has 28 heavy (non-hydrogen) atoms. The highest BCUT2D eigenvalue weighted by Gasteiger charge is 2.07. The molecule has 0 unspecified atom stereocenters. The van der Waals surface area contributed by atoms with Gasteiger partial charge < -0.3 is 24.8 Å². The highest BCUT2D eigenvalue weighted by atomic mass is 16.5. The Morgan fingerprint density at radius 3 is 2.57 bits per heavy atom. The molecule has 2 aromatic carbocycles. The fraction of sp³-hybridized carbons (Fsp3) is 0.250. The molecule has 0 aliphatic heterocycles. The van der Waals surface area contributed by atoms with E-state index in [4.69, 9.17) is 14.2 Å². The molecule has 3 rings (SSSR count). The Hall–Kier alpha value is -3.55. The quantitative estimate of drug-likeness (QED) is 0.583. The van der Waals surface area contributed by atoms with E-state index in [0.717, 1.165) is 17.9 Å². The summed E-state index contributed by atoms with van der Waals surface area (Å²) in [7, 11) is 4.85. The third-order valence-corrected chi connectivity index (χ3v) is 4.05. The van der Waals surface area contributed by atoms with Crippen molar-refractivity contribution in [2.75, 3.05) is 38.5 Å². The van der Waals surface area contributed by atoms with Crippen molar-refractivity contribution in [2.24, 2.45) is 0 Å². The molecule has 1 aromatic heterocycles. The van der Waals surface area contributed by atoms with Crippen LogP contribution in [0.25, 0.3) is 0 Å². The van der Waals surface area contributed by atoms with Crippen molar-refractivity contribution in [3.8, 4) is 17.2 Å². The lowest BCUT2D eigenvalue weighted by molar-refractivity contribution is 0.355. The average Bonchev–Trinajstić information content (AvgIpc) is 2.74. The van der Waals surface area contributed by atoms with Gasteiger partial charge in [-0.25, -0.2) is 0 Å². The fourth-order valence-electron chi connectivity index (χ4n) is 2.65. The monoisotopic (exact) mass is 381 g/mol. The zero-order valence-electron chi connectivity index (χ0n) is 16.1. The van der Waals surface area contributed by atoms with Gasteiger partial charge in [0.1, 0.15) is 5.75 Å². The van der Waals surface area contributed by atoms with Gasteiger partial charge in [0.2, 0.25) is 5.95 Å². The lowest BCUT2D eigenvalue weighted by Gasteiger charge is -2.11. The van der Waals surface area contributed by atoms with Gasteiger partial charge in [-0.3, -0.25) is 0 Å². The predicted molar refractivity (Wildman–Crippen MR) is 108 cm³/mol. The number of ether oxygens (including phenoxy) is 3. The van der Waals surface area contributed by atoms with Gasteiger partial charge in [-0.05, 0) is 36.2 Å². The van der Waals surface area contributed by atoms with Crippen LogP contribution in [-0.2, 0) is 6.42 Å². The summed E-state index contributed by atoms with van der Waals surface area (Å²) < 4.78 is 15.8. The van der Waals surface area contributed by atoms with E-state index in [0.29, 0.717) is 29.8 Å². The average molecular weight is 381 g/mol. The zero-order valence-corrected chi connectivity index (χ0v) is 16.1. The van der Waals surface area contributed by atoms with E-state index in [2.05, 4.69) is 31.9 Å². The molecule has 0 aliphatic rings. The maximum absolute atomic E-state index is 5.31. The molecule has 0 amide bonds. The van der Waals surface area contributed by atoms with Crippen LogP contribution in [-0.4, -0.2) is 43.1 Å². The predicted octanol–water partition coefficient (Wildman–Crippen LogP) is 3.30. The zero-order chi connectivity index (χ0) is 19.8. The first-order valence-corrected chi connectivity index (χ1v) is 8.77. The Kier molecular flexibility index (Phi) is 6.46. The van der Waals surface area contributed by atoms with Crippen molar-refractivity contribution in [2.45, 2.75) is 6.42 Å². The number of nitrogens with one attached hydrogen (secondary N) is 2. The Bertz CT molecular complexity index is 920. The van der Waals surface area contributed by atoms with Crippen molar-refractivity contribution < 1.29 is 14.2 Å². The van der Waals surface area contributed by atoms with Crippen LogP contribution in [0, 0.1) is 0 Å². The van der Waals surface area contributed by atoms with Crippen LogP contribution in [0.5, 0.6) is 17.2 Å². The Morgan fingerprint density at radius 2 is 1.79 bits per heavy atom. The number of hydrogen-bond donors (Lipinski definition) is 2. The Balaban J connectivity index is 1.60. The Labute approximate surface area is 163 Å². The van der Waals surface area contributed by atoms with Crippen molar-refractivity contribution >= 4 is 17.5 Å². The van der Waals surface area contributed by atoms with Crippen LogP contribution in [0.3, 0.4) is 0 Å². The maximum Gasteiger partial charge on any atom is 0.249 e. The normalized spacial score (nSPS) is 10.2. The van der Waals surface area contributed by atoms with E-state index in [1.807, 2.05) is 36.4 Å². The third kappa shape index (κ3) is 5.00. The summed E-state index contributed by atoms with van der Waals surface area (Å²) in [6.45, 7) is 0.710. The number of anilines is 3. The summed E-state index contributed by atoms with van der Waals surface area (Å²) in [5, 5.41) is 14.4. The number of rotatable bonds is 9. The molecule has 0 saturated carbocycles. The van der Waals surface area contributed by atoms with Gasteiger partial charge in [-0.15, -0.1) is 5.10 Å². The molecule has 8 heteroatoms. The summed E-state index contributed by atoms with van der Waals surface area (Å²) in [5.74, 6) is 3.15. The second-order valence-corrected chi connectivity index (χ2v) is 5.89. The number of hydrogen-bond acceptors (Lipinski definition) is 8. The van der Waals surface area contributed by atoms with Crippen molar-refractivity contribution in [1.29, 1.82) is 0 Å². The number of nitrogens with zero attached hydrogens (tertiary/aromatic N) is 3. The van der Waals surface area contributed by atoms with Crippen molar-refractivity contribution in [1.82, 2.24) is 15.2 Å². The number of aromatic nitrogens is 3. The van der Waals surface area contributed by atoms with Gasteiger partial charge in [0.25, 0.3) is 0 Å². The van der Waals surface area contributed by atoms with Crippen LogP contribution < -0.4 is 24.8 Å². The minimum absolute atomic E-state index is 0.388. The fourth-order valence-corrected chi connectivity index (χ4v) is 2.65. The smallest absolute Gasteiger partial charge is 0.249 e. The van der Waals surface area contributed by atoms with Crippen molar-refractivity contribution in [3.63, 3.8) is 0 Å². The first kappa shape index (κ1) is 19.2. The largest absolute Gasteiger partial charge is 0.497 e. The van der Waals surface area contributed by atoms with Crippen LogP contribution in [0.1, 0.15) is 5.56 Å². The second kappa shape index (κ2) is 9.40. The number of benzene rings is 2. The molecular weight excluding hydrogens is 358 g/mol. The molecule has 0 fully saturated rings. The molecule has 0 atom stereocenters. The van der Waals surface area contributed by atoms with E-state index in [1.54, 1.807) is 27.5 Å². The first-order chi connectivity index (χ1) is 13.7. The van der Waals surface area contributed by atoms with Gasteiger partial charge >= 0.3 is 0 Å². The van der Waals surface area contributed by atoms with Gasteiger partial charge in [0.05, 0.1) is 27.5 Å². The standard InChI is InChI=1S/C20H23N5O3/c1-26-16-6-4-5-14(11-16)9-10-21-19-13-22-25-20(24-19)23-15-7-8-17(27-2)18(12-15)28-3/h4-8,11-13H,9-10H2,1-3H3,(H2,21,23,24,25). The summed E-state index contributed by atoms with van der Waals surface area (Å²) >= 11 is 0. The lowest BCUT2D eigenvalue weighted by atomic mass is 10.1. The van der Waals surface area contributed by atoms with E-state index < -0.39 is 0 Å². The molecule has 1 heterocycles. The summed E-state index contributed by atoms with van der Waals surface area (Å²) in [6, 6.07) is 13.5. The van der Waals surface area contributed by atoms with Gasteiger partial charge in [-0.2, -0.15) is 10.1 Å². The summed E-state index contributed by atoms with van der Waals surface area (Å²) in [5.41, 5.74) is 1.95. The third-order valence-electron chi connectivity index (χ3n) is 4.05. The number of methoxy groups -OCH3 is 3.